The van der Waals surface area contributed by atoms with E-state index in [1.165, 1.54) is 17.9 Å². The molecule has 27 heavy (non-hydrogen) atoms. The fraction of sp³-hybridized carbons (Fsp3) is 0.500. The molecule has 2 N–H and O–H groups in total. The van der Waals surface area contributed by atoms with E-state index in [0.717, 1.165) is 0 Å². The largest absolute Gasteiger partial charge is 0.442 e. The third-order valence-electron chi connectivity index (χ3n) is 4.89. The van der Waals surface area contributed by atoms with Crippen LogP contribution in [0.15, 0.2) is 18.2 Å². The summed E-state index contributed by atoms with van der Waals surface area (Å²) in [7, 11) is 0. The number of carbonyl (C=O) groups excluding carboxylic acids is 3. The molecule has 1 aromatic rings. The maximum absolute atomic E-state index is 14.6. The van der Waals surface area contributed by atoms with Crippen LogP contribution in [0.2, 0.25) is 0 Å². The molecule has 3 rings (SSSR count). The Balaban J connectivity index is 1.67. The van der Waals surface area contributed by atoms with Crippen molar-refractivity contribution in [2.24, 2.45) is 0 Å². The zero-order chi connectivity index (χ0) is 19.6. The van der Waals surface area contributed by atoms with Crippen LogP contribution in [0.3, 0.4) is 0 Å². The number of piperidine rings is 1. The van der Waals surface area contributed by atoms with E-state index < -0.39 is 23.6 Å². The molecule has 2 fully saturated rings. The van der Waals surface area contributed by atoms with Gasteiger partial charge in [-0.05, 0) is 18.2 Å². The molecule has 1 atom stereocenters. The molecule has 0 spiro atoms. The lowest BCUT2D eigenvalue weighted by atomic mass is 9.93. The predicted molar refractivity (Wildman–Crippen MR) is 95.2 cm³/mol. The van der Waals surface area contributed by atoms with Crippen LogP contribution in [0.4, 0.5) is 20.6 Å². The average Bonchev–Trinajstić information content (AvgIpc) is 3.02. The van der Waals surface area contributed by atoms with Crippen LogP contribution in [0.1, 0.15) is 19.8 Å². The van der Waals surface area contributed by atoms with Gasteiger partial charge in [-0.1, -0.05) is 0 Å². The van der Waals surface area contributed by atoms with Gasteiger partial charge in [-0.15, -0.1) is 0 Å². The lowest BCUT2D eigenvalue weighted by molar-refractivity contribution is -0.125. The van der Waals surface area contributed by atoms with Gasteiger partial charge in [-0.2, -0.15) is 0 Å². The predicted octanol–water partition coefficient (Wildman–Crippen LogP) is 0.817. The van der Waals surface area contributed by atoms with Crippen molar-refractivity contribution in [2.45, 2.75) is 31.5 Å². The molecule has 2 aliphatic heterocycles. The third-order valence-corrected chi connectivity index (χ3v) is 4.89. The summed E-state index contributed by atoms with van der Waals surface area (Å²) < 4.78 is 19.8. The first kappa shape index (κ1) is 19.1. The van der Waals surface area contributed by atoms with Crippen molar-refractivity contribution in [3.05, 3.63) is 24.0 Å². The summed E-state index contributed by atoms with van der Waals surface area (Å²) in [5.41, 5.74) is -0.614. The lowest BCUT2D eigenvalue weighted by Gasteiger charge is -2.36. The first-order valence-corrected chi connectivity index (χ1v) is 8.77. The van der Waals surface area contributed by atoms with Crippen LogP contribution in [0, 0.1) is 5.82 Å². The minimum atomic E-state index is -1.34. The Kier molecular flexibility index (Phi) is 5.31. The molecule has 9 heteroatoms. The highest BCUT2D eigenvalue weighted by molar-refractivity contribution is 5.90. The maximum atomic E-state index is 14.6. The molecule has 0 radical (unpaired) electrons. The molecule has 146 valence electrons. The normalized spacial score (nSPS) is 21.7. The van der Waals surface area contributed by atoms with Crippen molar-refractivity contribution < 1.29 is 28.6 Å². The second-order valence-electron chi connectivity index (χ2n) is 6.90. The summed E-state index contributed by atoms with van der Waals surface area (Å²) in [6.45, 7) is 2.50. The summed E-state index contributed by atoms with van der Waals surface area (Å²) in [4.78, 5) is 37.0. The van der Waals surface area contributed by atoms with Crippen LogP contribution in [-0.4, -0.2) is 61.3 Å². The molecule has 2 heterocycles. The number of aliphatic hydroxyl groups is 1. The van der Waals surface area contributed by atoms with Gasteiger partial charge in [0.1, 0.15) is 17.5 Å². The molecule has 2 amide bonds. The smallest absolute Gasteiger partial charge is 0.414 e. The summed E-state index contributed by atoms with van der Waals surface area (Å²) in [5.74, 6) is -0.718. The Hall–Kier alpha value is -2.68. The molecule has 2 saturated heterocycles. The fourth-order valence-corrected chi connectivity index (χ4v) is 3.27. The first-order valence-electron chi connectivity index (χ1n) is 8.77. The number of hydrogen-bond donors (Lipinski definition) is 2. The molecule has 1 aromatic carbocycles. The number of anilines is 2. The Morgan fingerprint density at radius 1 is 1.44 bits per heavy atom. The first-order chi connectivity index (χ1) is 12.8. The van der Waals surface area contributed by atoms with Gasteiger partial charge in [-0.3, -0.25) is 9.69 Å². The highest BCUT2D eigenvalue weighted by atomic mass is 19.1. The van der Waals surface area contributed by atoms with Gasteiger partial charge >= 0.3 is 6.09 Å². The van der Waals surface area contributed by atoms with Crippen molar-refractivity contribution in [1.29, 1.82) is 0 Å². The molecular formula is C18H22FN3O5. The molecule has 0 aromatic heterocycles. The fourth-order valence-electron chi connectivity index (χ4n) is 3.27. The minimum absolute atomic E-state index is 0.200. The van der Waals surface area contributed by atoms with Crippen molar-refractivity contribution in [2.75, 3.05) is 36.0 Å². The zero-order valence-corrected chi connectivity index (χ0v) is 15.0. The Labute approximate surface area is 155 Å². The van der Waals surface area contributed by atoms with E-state index in [1.807, 2.05) is 0 Å². The number of benzene rings is 1. The van der Waals surface area contributed by atoms with Crippen LogP contribution in [0.5, 0.6) is 0 Å². The Morgan fingerprint density at radius 2 is 2.15 bits per heavy atom. The van der Waals surface area contributed by atoms with Crippen LogP contribution < -0.4 is 15.1 Å². The van der Waals surface area contributed by atoms with Crippen LogP contribution >= 0.6 is 0 Å². The number of aldehydes is 1. The molecule has 0 unspecified atom stereocenters. The van der Waals surface area contributed by atoms with Gasteiger partial charge in [0.15, 0.2) is 6.29 Å². The Bertz CT molecular complexity index is 749. The van der Waals surface area contributed by atoms with Gasteiger partial charge < -0.3 is 24.9 Å². The standard InChI is InChI=1S/C18H22FN3O5/c1-12(24)20-9-14-10-22(17(25)27-14)13-2-3-16(15(19)8-13)21-6-4-18(26,11-23)5-7-21/h2-3,8,11,14,26H,4-7,9-10H2,1H3,(H,20,24)/t14-/m0/s1. The quantitative estimate of drug-likeness (QED) is 0.735. The van der Waals surface area contributed by atoms with Gasteiger partial charge in [-0.25, -0.2) is 9.18 Å². The number of cyclic esters (lactones) is 1. The van der Waals surface area contributed by atoms with Gasteiger partial charge in [0.25, 0.3) is 0 Å². The molecule has 0 bridgehead atoms. The molecule has 2 aliphatic rings. The minimum Gasteiger partial charge on any atom is -0.442 e. The summed E-state index contributed by atoms with van der Waals surface area (Å²) in [6.07, 6.45) is -0.0685. The molecule has 0 aliphatic carbocycles. The van der Waals surface area contributed by atoms with Gasteiger partial charge in [0.2, 0.25) is 5.91 Å². The molecular weight excluding hydrogens is 357 g/mol. The van der Waals surface area contributed by atoms with E-state index in [1.54, 1.807) is 17.0 Å². The summed E-state index contributed by atoms with van der Waals surface area (Å²) in [6, 6.07) is 4.46. The number of carbonyl (C=O) groups is 3. The number of nitrogens with one attached hydrogen (secondary N) is 1. The van der Waals surface area contributed by atoms with Gasteiger partial charge in [0.05, 0.1) is 24.5 Å². The lowest BCUT2D eigenvalue weighted by Crippen LogP contribution is -2.45. The number of amides is 2. The van der Waals surface area contributed by atoms with E-state index >= 15 is 0 Å². The Morgan fingerprint density at radius 3 is 2.74 bits per heavy atom. The molecule has 0 saturated carbocycles. The van der Waals surface area contributed by atoms with E-state index in [-0.39, 0.29) is 31.8 Å². The second kappa shape index (κ2) is 7.51. The van der Waals surface area contributed by atoms with Crippen LogP contribution in [0.25, 0.3) is 0 Å². The van der Waals surface area contributed by atoms with Crippen molar-refractivity contribution >= 4 is 29.7 Å². The number of rotatable bonds is 5. The maximum Gasteiger partial charge on any atom is 0.414 e. The SMILES string of the molecule is CC(=O)NC[C@H]1CN(c2ccc(N3CCC(O)(C=O)CC3)c(F)c2)C(=O)O1. The highest BCUT2D eigenvalue weighted by Gasteiger charge is 2.34. The van der Waals surface area contributed by atoms with E-state index in [2.05, 4.69) is 5.32 Å². The van der Waals surface area contributed by atoms with E-state index in [9.17, 15) is 23.9 Å². The van der Waals surface area contributed by atoms with Crippen molar-refractivity contribution in [1.82, 2.24) is 5.32 Å². The van der Waals surface area contributed by atoms with Crippen LogP contribution in [-0.2, 0) is 14.3 Å². The molecule has 8 nitrogen and oxygen atoms in total. The van der Waals surface area contributed by atoms with E-state index in [4.69, 9.17) is 4.74 Å². The number of halogens is 1. The summed E-state index contributed by atoms with van der Waals surface area (Å²) in [5, 5.41) is 12.5. The van der Waals surface area contributed by atoms with E-state index in [0.29, 0.717) is 30.8 Å². The van der Waals surface area contributed by atoms with Crippen molar-refractivity contribution in [3.8, 4) is 0 Å². The highest BCUT2D eigenvalue weighted by Crippen LogP contribution is 2.31. The topological polar surface area (TPSA) is 99.2 Å². The number of nitrogens with zero attached hydrogens (tertiary/aromatic N) is 2. The van der Waals surface area contributed by atoms with Crippen molar-refractivity contribution in [3.63, 3.8) is 0 Å². The van der Waals surface area contributed by atoms with Gasteiger partial charge in [0, 0.05) is 32.9 Å². The average molecular weight is 379 g/mol. The monoisotopic (exact) mass is 379 g/mol. The number of hydrogen-bond acceptors (Lipinski definition) is 6. The number of ether oxygens (including phenoxy) is 1. The third kappa shape index (κ3) is 4.19. The second-order valence-corrected chi connectivity index (χ2v) is 6.90. The zero-order valence-electron chi connectivity index (χ0n) is 15.0. The summed E-state index contributed by atoms with van der Waals surface area (Å²) >= 11 is 0.